The second kappa shape index (κ2) is 11.1. The summed E-state index contributed by atoms with van der Waals surface area (Å²) in [7, 11) is 0. The molecule has 0 aliphatic carbocycles. The van der Waals surface area contributed by atoms with Gasteiger partial charge in [-0.1, -0.05) is 91.0 Å². The lowest BCUT2D eigenvalue weighted by Crippen LogP contribution is -2.30. The standard InChI is InChI=1S/C34H24FNO5/c35-27-19-22(17-18-37)15-16-28(27)36-33(38)29-30(34(36)39)32(41-21-24-11-5-2-6-12-24)26-14-8-7-13-25(26)31(29)40-20-23-9-3-1-4-10-23/h1-16,18-19H,17,20-21H2. The normalized spacial score (nSPS) is 12.5. The van der Waals surface area contributed by atoms with Crippen molar-refractivity contribution in [2.75, 3.05) is 4.90 Å². The van der Waals surface area contributed by atoms with E-state index < -0.39 is 17.6 Å². The fourth-order valence-electron chi connectivity index (χ4n) is 5.03. The second-order valence-corrected chi connectivity index (χ2v) is 9.60. The van der Waals surface area contributed by atoms with Gasteiger partial charge in [0.2, 0.25) is 0 Å². The van der Waals surface area contributed by atoms with Gasteiger partial charge in [-0.15, -0.1) is 0 Å². The molecule has 0 saturated carbocycles. The summed E-state index contributed by atoms with van der Waals surface area (Å²) in [6.45, 7) is 0.301. The topological polar surface area (TPSA) is 72.9 Å². The van der Waals surface area contributed by atoms with E-state index in [0.29, 0.717) is 22.6 Å². The number of nitrogens with zero attached hydrogens (tertiary/aromatic N) is 1. The molecule has 0 atom stereocenters. The van der Waals surface area contributed by atoms with Crippen LogP contribution in [0.25, 0.3) is 10.8 Å². The zero-order valence-electron chi connectivity index (χ0n) is 21.9. The molecule has 1 aliphatic heterocycles. The van der Waals surface area contributed by atoms with Crippen LogP contribution in [-0.2, 0) is 24.4 Å². The third-order valence-corrected chi connectivity index (χ3v) is 6.98. The van der Waals surface area contributed by atoms with Gasteiger partial charge in [-0.05, 0) is 28.8 Å². The first kappa shape index (κ1) is 26.0. The van der Waals surface area contributed by atoms with Crippen molar-refractivity contribution < 1.29 is 28.2 Å². The molecule has 1 heterocycles. The Morgan fingerprint density at radius 1 is 0.634 bits per heavy atom. The average molecular weight is 546 g/mol. The van der Waals surface area contributed by atoms with E-state index in [2.05, 4.69) is 0 Å². The Morgan fingerprint density at radius 3 is 1.59 bits per heavy atom. The summed E-state index contributed by atoms with van der Waals surface area (Å²) in [5.41, 5.74) is 2.01. The second-order valence-electron chi connectivity index (χ2n) is 9.60. The summed E-state index contributed by atoms with van der Waals surface area (Å²) in [4.78, 5) is 39.8. The fraction of sp³-hybridized carbons (Fsp3) is 0.0882. The number of halogens is 1. The highest BCUT2D eigenvalue weighted by Gasteiger charge is 2.44. The summed E-state index contributed by atoms with van der Waals surface area (Å²) in [5, 5.41) is 1.19. The van der Waals surface area contributed by atoms with Gasteiger partial charge in [0.15, 0.2) is 0 Å². The van der Waals surface area contributed by atoms with Gasteiger partial charge in [-0.3, -0.25) is 9.59 Å². The van der Waals surface area contributed by atoms with Crippen molar-refractivity contribution in [2.45, 2.75) is 19.6 Å². The van der Waals surface area contributed by atoms with Crippen molar-refractivity contribution in [2.24, 2.45) is 0 Å². The number of hydrogen-bond acceptors (Lipinski definition) is 5. The summed E-state index contributed by atoms with van der Waals surface area (Å²) in [5.74, 6) is -1.77. The summed E-state index contributed by atoms with van der Waals surface area (Å²) in [6, 6.07) is 30.2. The highest BCUT2D eigenvalue weighted by atomic mass is 19.1. The number of anilines is 1. The molecule has 6 rings (SSSR count). The predicted octanol–water partition coefficient (Wildman–Crippen LogP) is 6.68. The number of amides is 2. The van der Waals surface area contributed by atoms with Crippen molar-refractivity contribution in [3.05, 3.63) is 137 Å². The molecule has 0 fully saturated rings. The molecule has 2 amide bonds. The lowest BCUT2D eigenvalue weighted by Gasteiger charge is -2.17. The molecule has 0 aromatic heterocycles. The summed E-state index contributed by atoms with van der Waals surface area (Å²) < 4.78 is 27.8. The molecular formula is C34H24FNO5. The lowest BCUT2D eigenvalue weighted by molar-refractivity contribution is -0.107. The lowest BCUT2D eigenvalue weighted by atomic mass is 9.98. The van der Waals surface area contributed by atoms with Crippen LogP contribution < -0.4 is 14.4 Å². The number of carbonyl (C=O) groups is 3. The SMILES string of the molecule is O=CCc1ccc(N2C(=O)c3c(c(OCc4ccccc4)c4ccccc4c3OCc3ccccc3)C2=O)c(F)c1. The van der Waals surface area contributed by atoms with E-state index in [1.807, 2.05) is 72.8 Å². The zero-order valence-corrected chi connectivity index (χ0v) is 21.9. The van der Waals surface area contributed by atoms with Crippen molar-refractivity contribution in [3.63, 3.8) is 0 Å². The van der Waals surface area contributed by atoms with E-state index in [-0.39, 0.29) is 47.9 Å². The molecular weight excluding hydrogens is 521 g/mol. The van der Waals surface area contributed by atoms with E-state index >= 15 is 4.39 Å². The van der Waals surface area contributed by atoms with Crippen LogP contribution in [0.15, 0.2) is 103 Å². The fourth-order valence-corrected chi connectivity index (χ4v) is 5.03. The molecule has 0 radical (unpaired) electrons. The molecule has 0 bridgehead atoms. The molecule has 0 N–H and O–H groups in total. The number of aldehydes is 1. The average Bonchev–Trinajstić information content (AvgIpc) is 3.25. The molecule has 0 saturated heterocycles. The maximum atomic E-state index is 15.3. The predicted molar refractivity (Wildman–Crippen MR) is 153 cm³/mol. The van der Waals surface area contributed by atoms with E-state index in [9.17, 15) is 14.4 Å². The minimum Gasteiger partial charge on any atom is -0.487 e. The van der Waals surface area contributed by atoms with Crippen LogP contribution in [0.3, 0.4) is 0 Å². The number of hydrogen-bond donors (Lipinski definition) is 0. The van der Waals surface area contributed by atoms with Crippen LogP contribution in [0.5, 0.6) is 11.5 Å². The van der Waals surface area contributed by atoms with Crippen LogP contribution in [0.1, 0.15) is 37.4 Å². The third-order valence-electron chi connectivity index (χ3n) is 6.98. The maximum Gasteiger partial charge on any atom is 0.270 e. The molecule has 0 unspecified atom stereocenters. The first-order chi connectivity index (χ1) is 20.1. The molecule has 7 heteroatoms. The Hall–Kier alpha value is -5.30. The van der Waals surface area contributed by atoms with Gasteiger partial charge in [-0.25, -0.2) is 9.29 Å². The Labute approximate surface area is 235 Å². The number of imide groups is 1. The van der Waals surface area contributed by atoms with Gasteiger partial charge in [0.05, 0.1) is 16.8 Å². The van der Waals surface area contributed by atoms with Crippen LogP contribution in [-0.4, -0.2) is 18.1 Å². The smallest absolute Gasteiger partial charge is 0.270 e. The molecule has 5 aromatic carbocycles. The van der Waals surface area contributed by atoms with Crippen LogP contribution in [0.4, 0.5) is 10.1 Å². The van der Waals surface area contributed by atoms with Gasteiger partial charge in [-0.2, -0.15) is 0 Å². The number of carbonyl (C=O) groups excluding carboxylic acids is 3. The summed E-state index contributed by atoms with van der Waals surface area (Å²) >= 11 is 0. The zero-order chi connectivity index (χ0) is 28.3. The van der Waals surface area contributed by atoms with Crippen LogP contribution >= 0.6 is 0 Å². The largest absolute Gasteiger partial charge is 0.487 e. The number of ether oxygens (including phenoxy) is 2. The number of fused-ring (bicyclic) bond motifs is 2. The van der Waals surface area contributed by atoms with Crippen molar-refractivity contribution in [1.29, 1.82) is 0 Å². The molecule has 202 valence electrons. The van der Waals surface area contributed by atoms with E-state index in [0.717, 1.165) is 22.1 Å². The van der Waals surface area contributed by atoms with Crippen molar-refractivity contribution in [3.8, 4) is 11.5 Å². The van der Waals surface area contributed by atoms with Gasteiger partial charge >= 0.3 is 0 Å². The Morgan fingerprint density at radius 2 is 1.12 bits per heavy atom. The molecule has 0 spiro atoms. The molecule has 5 aromatic rings. The first-order valence-corrected chi connectivity index (χ1v) is 13.1. The number of benzene rings is 5. The quantitative estimate of drug-likeness (QED) is 0.153. The Kier molecular flexibility index (Phi) is 7.00. The molecule has 6 nitrogen and oxygen atoms in total. The van der Waals surface area contributed by atoms with Gasteiger partial charge in [0, 0.05) is 17.2 Å². The monoisotopic (exact) mass is 545 g/mol. The Bertz CT molecular complexity index is 1680. The van der Waals surface area contributed by atoms with E-state index in [1.54, 1.807) is 12.1 Å². The first-order valence-electron chi connectivity index (χ1n) is 13.1. The highest BCUT2D eigenvalue weighted by molar-refractivity contribution is 6.38. The van der Waals surface area contributed by atoms with E-state index in [1.165, 1.54) is 12.1 Å². The minimum atomic E-state index is -0.790. The van der Waals surface area contributed by atoms with Crippen molar-refractivity contribution in [1.82, 2.24) is 0 Å². The van der Waals surface area contributed by atoms with Gasteiger partial charge in [0.1, 0.15) is 36.8 Å². The maximum absolute atomic E-state index is 15.3. The Balaban J connectivity index is 1.51. The van der Waals surface area contributed by atoms with Gasteiger partial charge < -0.3 is 14.3 Å². The summed E-state index contributed by atoms with van der Waals surface area (Å²) in [6.07, 6.45) is 0.675. The van der Waals surface area contributed by atoms with Gasteiger partial charge in [0.25, 0.3) is 11.8 Å². The molecule has 1 aliphatic rings. The third kappa shape index (κ3) is 4.82. The number of rotatable bonds is 9. The highest BCUT2D eigenvalue weighted by Crippen LogP contribution is 2.46. The van der Waals surface area contributed by atoms with Crippen LogP contribution in [0.2, 0.25) is 0 Å². The van der Waals surface area contributed by atoms with Crippen LogP contribution in [0, 0.1) is 5.82 Å². The van der Waals surface area contributed by atoms with E-state index in [4.69, 9.17) is 9.47 Å². The van der Waals surface area contributed by atoms with Crippen molar-refractivity contribution >= 4 is 34.6 Å². The molecule has 41 heavy (non-hydrogen) atoms. The minimum absolute atomic E-state index is 0.0135.